The summed E-state index contributed by atoms with van der Waals surface area (Å²) in [5.41, 5.74) is 0.819. The molecule has 166 valence electrons. The van der Waals surface area contributed by atoms with Crippen molar-refractivity contribution in [3.63, 3.8) is 0 Å². The van der Waals surface area contributed by atoms with Crippen molar-refractivity contribution >= 4 is 10.1 Å². The van der Waals surface area contributed by atoms with Crippen LogP contribution in [0.25, 0.3) is 0 Å². The van der Waals surface area contributed by atoms with E-state index < -0.39 is 10.1 Å². The zero-order valence-electron chi connectivity index (χ0n) is 17.8. The Balaban J connectivity index is 1.88. The molecule has 0 aromatic heterocycles. The number of ether oxygens (including phenoxy) is 1. The van der Waals surface area contributed by atoms with Gasteiger partial charge in [0.25, 0.3) is 10.1 Å². The van der Waals surface area contributed by atoms with Crippen LogP contribution in [0.2, 0.25) is 0 Å². The number of aryl methyl sites for hydroxylation is 1. The third kappa shape index (κ3) is 8.36. The van der Waals surface area contributed by atoms with Gasteiger partial charge in [0.2, 0.25) is 0 Å². The number of unbranched alkanes of at least 4 members (excludes halogenated alkanes) is 9. The highest BCUT2D eigenvalue weighted by molar-refractivity contribution is 7.86. The number of benzene rings is 2. The summed E-state index contributed by atoms with van der Waals surface area (Å²) in [6.45, 7) is 2.23. The van der Waals surface area contributed by atoms with Gasteiger partial charge in [-0.1, -0.05) is 76.8 Å². The molecule has 0 aliphatic rings. The van der Waals surface area contributed by atoms with Crippen molar-refractivity contribution in [1.82, 2.24) is 0 Å². The van der Waals surface area contributed by atoms with Crippen molar-refractivity contribution in [2.45, 2.75) is 82.4 Å². The van der Waals surface area contributed by atoms with E-state index in [2.05, 4.69) is 6.92 Å². The van der Waals surface area contributed by atoms with Crippen LogP contribution in [0.15, 0.2) is 47.4 Å². The van der Waals surface area contributed by atoms with Crippen molar-refractivity contribution in [3.8, 4) is 17.2 Å². The highest BCUT2D eigenvalue weighted by Gasteiger charge is 2.17. The fraction of sp³-hybridized carbons (Fsp3) is 0.500. The van der Waals surface area contributed by atoms with E-state index in [0.717, 1.165) is 24.8 Å². The Morgan fingerprint density at radius 3 is 2.03 bits per heavy atom. The maximum atomic E-state index is 11.6. The minimum atomic E-state index is -4.39. The molecule has 0 heterocycles. The monoisotopic (exact) mass is 434 g/mol. The zero-order chi connectivity index (χ0) is 21.8. The van der Waals surface area contributed by atoms with Crippen molar-refractivity contribution in [3.05, 3.63) is 48.0 Å². The molecular formula is C24H34O5S. The van der Waals surface area contributed by atoms with Gasteiger partial charge in [0.15, 0.2) is 0 Å². The van der Waals surface area contributed by atoms with Crippen LogP contribution in [0.5, 0.6) is 17.2 Å². The van der Waals surface area contributed by atoms with Crippen molar-refractivity contribution in [2.24, 2.45) is 0 Å². The molecule has 0 spiro atoms. The number of phenols is 1. The third-order valence-corrected chi connectivity index (χ3v) is 6.08. The molecule has 30 heavy (non-hydrogen) atoms. The van der Waals surface area contributed by atoms with Gasteiger partial charge >= 0.3 is 0 Å². The lowest BCUT2D eigenvalue weighted by Gasteiger charge is -2.13. The van der Waals surface area contributed by atoms with Gasteiger partial charge in [0, 0.05) is 0 Å². The molecule has 5 nitrogen and oxygen atoms in total. The maximum absolute atomic E-state index is 11.6. The minimum Gasteiger partial charge on any atom is -0.508 e. The third-order valence-electron chi connectivity index (χ3n) is 5.19. The number of hydrogen-bond acceptors (Lipinski definition) is 4. The van der Waals surface area contributed by atoms with E-state index in [1.807, 2.05) is 0 Å². The maximum Gasteiger partial charge on any atom is 0.298 e. The highest BCUT2D eigenvalue weighted by Crippen LogP contribution is 2.33. The molecule has 2 N–H and O–H groups in total. The van der Waals surface area contributed by atoms with Crippen molar-refractivity contribution in [1.29, 1.82) is 0 Å². The molecule has 0 aliphatic carbocycles. The first-order chi connectivity index (χ1) is 14.4. The number of para-hydroxylation sites is 1. The first-order valence-electron chi connectivity index (χ1n) is 11.0. The first kappa shape index (κ1) is 24.2. The zero-order valence-corrected chi connectivity index (χ0v) is 18.7. The minimum absolute atomic E-state index is 0.0648. The summed E-state index contributed by atoms with van der Waals surface area (Å²) in [4.78, 5) is -0.275. The van der Waals surface area contributed by atoms with Crippen LogP contribution >= 0.6 is 0 Å². The largest absolute Gasteiger partial charge is 0.508 e. The van der Waals surface area contributed by atoms with E-state index in [4.69, 9.17) is 4.74 Å². The lowest BCUT2D eigenvalue weighted by Crippen LogP contribution is -2.01. The smallest absolute Gasteiger partial charge is 0.298 e. The molecule has 2 rings (SSSR count). The fourth-order valence-corrected chi connectivity index (χ4v) is 4.14. The predicted octanol–water partition coefficient (Wildman–Crippen LogP) is 6.89. The quantitative estimate of drug-likeness (QED) is 0.250. The normalized spacial score (nSPS) is 11.5. The van der Waals surface area contributed by atoms with Crippen LogP contribution in [-0.2, 0) is 16.5 Å². The summed E-state index contributed by atoms with van der Waals surface area (Å²) in [7, 11) is -4.39. The fourth-order valence-electron chi connectivity index (χ4n) is 3.53. The summed E-state index contributed by atoms with van der Waals surface area (Å²) >= 11 is 0. The average molecular weight is 435 g/mol. The summed E-state index contributed by atoms with van der Waals surface area (Å²) in [5, 5.41) is 9.86. The van der Waals surface area contributed by atoms with E-state index >= 15 is 0 Å². The van der Waals surface area contributed by atoms with Crippen LogP contribution in [0, 0.1) is 0 Å². The summed E-state index contributed by atoms with van der Waals surface area (Å²) in [6, 6.07) is 10.8. The van der Waals surface area contributed by atoms with Gasteiger partial charge in [0.1, 0.15) is 22.1 Å². The van der Waals surface area contributed by atoms with E-state index in [0.29, 0.717) is 5.75 Å². The van der Waals surface area contributed by atoms with Gasteiger partial charge < -0.3 is 9.84 Å². The second kappa shape index (κ2) is 12.6. The van der Waals surface area contributed by atoms with Gasteiger partial charge in [-0.2, -0.15) is 8.42 Å². The Kier molecular flexibility index (Phi) is 10.2. The number of hydrogen-bond donors (Lipinski definition) is 2. The molecule has 0 aliphatic heterocycles. The number of aromatic hydroxyl groups is 1. The molecule has 0 unspecified atom stereocenters. The molecule has 0 atom stereocenters. The Bertz CT molecular complexity index is 877. The lowest BCUT2D eigenvalue weighted by atomic mass is 10.0. The van der Waals surface area contributed by atoms with Crippen molar-refractivity contribution in [2.75, 3.05) is 0 Å². The van der Waals surface area contributed by atoms with Gasteiger partial charge in [-0.25, -0.2) is 0 Å². The second-order valence-corrected chi connectivity index (χ2v) is 9.14. The number of rotatable bonds is 14. The average Bonchev–Trinajstić information content (AvgIpc) is 2.71. The summed E-state index contributed by atoms with van der Waals surface area (Å²) < 4.78 is 38.4. The summed E-state index contributed by atoms with van der Waals surface area (Å²) in [6.07, 6.45) is 13.1. The van der Waals surface area contributed by atoms with E-state index in [9.17, 15) is 18.1 Å². The van der Waals surface area contributed by atoms with E-state index in [1.54, 1.807) is 18.2 Å². The van der Waals surface area contributed by atoms with Crippen LogP contribution in [0.3, 0.4) is 0 Å². The topological polar surface area (TPSA) is 83.8 Å². The van der Waals surface area contributed by atoms with Gasteiger partial charge in [0.05, 0.1) is 0 Å². The molecule has 0 saturated heterocycles. The van der Waals surface area contributed by atoms with E-state index in [1.165, 1.54) is 75.6 Å². The molecule has 2 aromatic carbocycles. The molecule has 6 heteroatoms. The molecule has 0 fully saturated rings. The van der Waals surface area contributed by atoms with Crippen LogP contribution in [-0.4, -0.2) is 18.1 Å². The molecule has 0 radical (unpaired) electrons. The highest BCUT2D eigenvalue weighted by atomic mass is 32.2. The molecular weight excluding hydrogens is 400 g/mol. The van der Waals surface area contributed by atoms with Gasteiger partial charge in [-0.3, -0.25) is 4.55 Å². The Morgan fingerprint density at radius 2 is 1.40 bits per heavy atom. The Morgan fingerprint density at radius 1 is 0.800 bits per heavy atom. The number of phenolic OH excluding ortho intramolecular Hbond substituents is 1. The predicted molar refractivity (Wildman–Crippen MR) is 120 cm³/mol. The second-order valence-electron chi connectivity index (χ2n) is 7.75. The van der Waals surface area contributed by atoms with Gasteiger partial charge in [-0.05, 0) is 48.7 Å². The van der Waals surface area contributed by atoms with E-state index in [-0.39, 0.29) is 16.4 Å². The Hall–Kier alpha value is -2.05. The van der Waals surface area contributed by atoms with Crippen molar-refractivity contribution < 1.29 is 22.8 Å². The first-order valence-corrected chi connectivity index (χ1v) is 12.4. The molecule has 0 amide bonds. The SMILES string of the molecule is CCCCCCCCCCCCc1cc(O)ccc1Oc1ccccc1S(=O)(=O)O. The summed E-state index contributed by atoms with van der Waals surface area (Å²) in [5.74, 6) is 0.697. The molecule has 0 saturated carbocycles. The van der Waals surface area contributed by atoms with Crippen LogP contribution < -0.4 is 4.74 Å². The Labute approximate surface area is 180 Å². The lowest BCUT2D eigenvalue weighted by molar-refractivity contribution is 0.440. The molecule has 2 aromatic rings. The standard InChI is InChI=1S/C24H34O5S/c1-2-3-4-5-6-7-8-9-10-11-14-20-19-21(25)17-18-22(20)29-23-15-12-13-16-24(23)30(26,27)28/h12-13,15-19,25H,2-11,14H2,1H3,(H,26,27,28). The van der Waals surface area contributed by atoms with Gasteiger partial charge in [-0.15, -0.1) is 0 Å². The molecule has 0 bridgehead atoms. The van der Waals surface area contributed by atoms with Crippen LogP contribution in [0.4, 0.5) is 0 Å². The van der Waals surface area contributed by atoms with Crippen LogP contribution in [0.1, 0.15) is 76.7 Å².